The van der Waals surface area contributed by atoms with Gasteiger partial charge < -0.3 is 0 Å². The lowest BCUT2D eigenvalue weighted by Crippen LogP contribution is -2.00. The third-order valence-corrected chi connectivity index (χ3v) is 5.87. The van der Waals surface area contributed by atoms with Gasteiger partial charge in [0.1, 0.15) is 0 Å². The Balaban J connectivity index is 0.000000255. The fourth-order valence-corrected chi connectivity index (χ4v) is 4.01. The molecule has 0 bridgehead atoms. The lowest BCUT2D eigenvalue weighted by atomic mass is 10.0. The molecule has 186 valence electrons. The molecule has 0 aliphatic carbocycles. The molecule has 3 heteroatoms. The zero-order valence-corrected chi connectivity index (χ0v) is 24.0. The van der Waals surface area contributed by atoms with Crippen LogP contribution < -0.4 is 0 Å². The summed E-state index contributed by atoms with van der Waals surface area (Å²) >= 11 is 0. The average Bonchev–Trinajstić information content (AvgIpc) is 2.72. The molecule has 0 aliphatic heterocycles. The molecule has 0 spiro atoms. The lowest BCUT2D eigenvalue weighted by molar-refractivity contribution is 0.801. The van der Waals surface area contributed by atoms with Crippen LogP contribution in [-0.2, 0) is 0 Å². The maximum absolute atomic E-state index is 4.57. The van der Waals surface area contributed by atoms with E-state index in [1.807, 2.05) is 13.1 Å². The molecule has 0 radical (unpaired) electrons. The maximum atomic E-state index is 4.57. The number of hydrogen-bond donors (Lipinski definition) is 0. The van der Waals surface area contributed by atoms with Crippen LogP contribution in [0.15, 0.2) is 30.5 Å². The highest BCUT2D eigenvalue weighted by atomic mass is 14.7. The van der Waals surface area contributed by atoms with E-state index in [0.29, 0.717) is 17.8 Å². The number of aromatic nitrogens is 3. The maximum Gasteiger partial charge on any atom is 0.0461 e. The Morgan fingerprint density at radius 2 is 1.03 bits per heavy atom. The summed E-state index contributed by atoms with van der Waals surface area (Å²) in [6.45, 7) is 27.7. The molecular formula is C31H47N3. The van der Waals surface area contributed by atoms with E-state index in [1.54, 1.807) is 0 Å². The summed E-state index contributed by atoms with van der Waals surface area (Å²) in [6.07, 6.45) is 1.93. The standard InChI is InChI=1S/C11H17N.2C10H15N/c1-7(2)11-9(4)6-8(3)10(5)12-11;1-7(2)10-9(4)5-8(3)6-11-10;1-7(2)10-8(3)5-6-9(4)11-10/h6-7H,1-5H3;2*5-7H,1-4H3. The van der Waals surface area contributed by atoms with E-state index in [9.17, 15) is 0 Å². The van der Waals surface area contributed by atoms with Crippen molar-refractivity contribution >= 4 is 0 Å². The molecule has 3 rings (SSSR count). The molecule has 0 saturated carbocycles. The van der Waals surface area contributed by atoms with Gasteiger partial charge in [-0.25, -0.2) is 0 Å². The molecular weight excluding hydrogens is 414 g/mol. The Kier molecular flexibility index (Phi) is 11.6. The molecule has 0 unspecified atom stereocenters. The zero-order chi connectivity index (χ0) is 26.2. The zero-order valence-electron chi connectivity index (χ0n) is 24.0. The van der Waals surface area contributed by atoms with Crippen LogP contribution in [-0.4, -0.2) is 15.0 Å². The normalized spacial score (nSPS) is 10.7. The van der Waals surface area contributed by atoms with Crippen molar-refractivity contribution < 1.29 is 0 Å². The van der Waals surface area contributed by atoms with Gasteiger partial charge in [0, 0.05) is 34.7 Å². The molecule has 3 heterocycles. The summed E-state index contributed by atoms with van der Waals surface area (Å²) in [6, 6.07) is 8.60. The predicted octanol–water partition coefficient (Wildman–Crippen LogP) is 8.77. The number of rotatable bonds is 3. The van der Waals surface area contributed by atoms with Crippen LogP contribution >= 0.6 is 0 Å². The SMILES string of the molecule is Cc1cc(C)c(C(C)C)nc1C.Cc1ccc(C)c(C(C)C)n1.Cc1cnc(C(C)C)c(C)c1. The van der Waals surface area contributed by atoms with Gasteiger partial charge in [0.2, 0.25) is 0 Å². The quantitative estimate of drug-likeness (QED) is 0.391. The number of pyridine rings is 3. The molecule has 0 atom stereocenters. The Bertz CT molecular complexity index is 1060. The van der Waals surface area contributed by atoms with Gasteiger partial charge in [0.15, 0.2) is 0 Å². The lowest BCUT2D eigenvalue weighted by Gasteiger charge is -2.10. The summed E-state index contributed by atoms with van der Waals surface area (Å²) in [7, 11) is 0. The first kappa shape index (κ1) is 29.5. The fourth-order valence-electron chi connectivity index (χ4n) is 4.01. The summed E-state index contributed by atoms with van der Waals surface area (Å²) in [5.74, 6) is 1.61. The van der Waals surface area contributed by atoms with Gasteiger partial charge in [0.25, 0.3) is 0 Å². The second-order valence-electron chi connectivity index (χ2n) is 10.4. The van der Waals surface area contributed by atoms with Crippen molar-refractivity contribution in [3.8, 4) is 0 Å². The van der Waals surface area contributed by atoms with Crippen LogP contribution in [0.2, 0.25) is 0 Å². The van der Waals surface area contributed by atoms with Crippen LogP contribution in [0.5, 0.6) is 0 Å². The molecule has 3 aromatic rings. The highest BCUT2D eigenvalue weighted by Crippen LogP contribution is 2.19. The van der Waals surface area contributed by atoms with Gasteiger partial charge >= 0.3 is 0 Å². The topological polar surface area (TPSA) is 38.7 Å². The molecule has 0 N–H and O–H groups in total. The smallest absolute Gasteiger partial charge is 0.0461 e. The van der Waals surface area contributed by atoms with Crippen LogP contribution in [0.4, 0.5) is 0 Å². The van der Waals surface area contributed by atoms with Gasteiger partial charge in [-0.2, -0.15) is 0 Å². The van der Waals surface area contributed by atoms with Crippen molar-refractivity contribution in [3.05, 3.63) is 86.7 Å². The molecule has 0 aromatic carbocycles. The van der Waals surface area contributed by atoms with E-state index >= 15 is 0 Å². The fraction of sp³-hybridized carbons (Fsp3) is 0.516. The van der Waals surface area contributed by atoms with E-state index in [1.165, 1.54) is 44.9 Å². The predicted molar refractivity (Wildman–Crippen MR) is 148 cm³/mol. The van der Waals surface area contributed by atoms with Crippen LogP contribution in [0.3, 0.4) is 0 Å². The Hall–Kier alpha value is -2.55. The Morgan fingerprint density at radius 1 is 0.529 bits per heavy atom. The monoisotopic (exact) mass is 461 g/mol. The largest absolute Gasteiger partial charge is 0.260 e. The van der Waals surface area contributed by atoms with E-state index < -0.39 is 0 Å². The average molecular weight is 462 g/mol. The molecule has 0 saturated heterocycles. The molecule has 3 aromatic heterocycles. The first-order valence-electron chi connectivity index (χ1n) is 12.6. The van der Waals surface area contributed by atoms with Crippen LogP contribution in [0.1, 0.15) is 116 Å². The van der Waals surface area contributed by atoms with Gasteiger partial charge in [-0.3, -0.25) is 15.0 Å². The van der Waals surface area contributed by atoms with Gasteiger partial charge in [-0.05, 0) is 100 Å². The summed E-state index contributed by atoms with van der Waals surface area (Å²) in [5, 5.41) is 0. The Labute approximate surface area is 209 Å². The highest BCUT2D eigenvalue weighted by Gasteiger charge is 2.07. The second kappa shape index (κ2) is 13.4. The third kappa shape index (κ3) is 9.00. The van der Waals surface area contributed by atoms with Crippen LogP contribution in [0, 0.1) is 48.5 Å². The molecule has 3 nitrogen and oxygen atoms in total. The van der Waals surface area contributed by atoms with Crippen molar-refractivity contribution in [2.24, 2.45) is 0 Å². The van der Waals surface area contributed by atoms with E-state index in [2.05, 4.69) is 122 Å². The minimum Gasteiger partial charge on any atom is -0.260 e. The van der Waals surface area contributed by atoms with Crippen molar-refractivity contribution in [2.45, 2.75) is 108 Å². The number of nitrogens with zero attached hydrogens (tertiary/aromatic N) is 3. The van der Waals surface area contributed by atoms with E-state index in [0.717, 1.165) is 11.4 Å². The molecule has 34 heavy (non-hydrogen) atoms. The van der Waals surface area contributed by atoms with Gasteiger partial charge in [0.05, 0.1) is 0 Å². The summed E-state index contributed by atoms with van der Waals surface area (Å²) < 4.78 is 0. The number of hydrogen-bond acceptors (Lipinski definition) is 3. The van der Waals surface area contributed by atoms with Crippen molar-refractivity contribution in [3.63, 3.8) is 0 Å². The van der Waals surface area contributed by atoms with Crippen molar-refractivity contribution in [2.75, 3.05) is 0 Å². The Morgan fingerprint density at radius 3 is 1.50 bits per heavy atom. The van der Waals surface area contributed by atoms with Crippen LogP contribution in [0.25, 0.3) is 0 Å². The summed E-state index contributed by atoms with van der Waals surface area (Å²) in [5.41, 5.74) is 12.4. The van der Waals surface area contributed by atoms with Crippen molar-refractivity contribution in [1.29, 1.82) is 0 Å². The second-order valence-corrected chi connectivity index (χ2v) is 10.4. The molecule has 0 aliphatic rings. The number of aryl methyl sites for hydroxylation is 7. The van der Waals surface area contributed by atoms with Crippen molar-refractivity contribution in [1.82, 2.24) is 15.0 Å². The third-order valence-electron chi connectivity index (χ3n) is 5.87. The minimum atomic E-state index is 0.532. The first-order chi connectivity index (χ1) is 15.7. The molecule has 0 amide bonds. The highest BCUT2D eigenvalue weighted by molar-refractivity contribution is 5.30. The van der Waals surface area contributed by atoms with Gasteiger partial charge in [-0.15, -0.1) is 0 Å². The van der Waals surface area contributed by atoms with E-state index in [-0.39, 0.29) is 0 Å². The van der Waals surface area contributed by atoms with Gasteiger partial charge in [-0.1, -0.05) is 59.7 Å². The minimum absolute atomic E-state index is 0.532. The van der Waals surface area contributed by atoms with E-state index in [4.69, 9.17) is 0 Å². The summed E-state index contributed by atoms with van der Waals surface area (Å²) in [4.78, 5) is 13.4. The first-order valence-corrected chi connectivity index (χ1v) is 12.6. The molecule has 0 fully saturated rings.